The lowest BCUT2D eigenvalue weighted by Gasteiger charge is -2.30. The number of hydrogen-bond donors (Lipinski definition) is 4. The summed E-state index contributed by atoms with van der Waals surface area (Å²) in [4.78, 5) is 24.8. The second kappa shape index (κ2) is 4.89. The molecule has 0 aromatic carbocycles. The number of aliphatic hydroxyl groups excluding tert-OH is 2. The average Bonchev–Trinajstić information content (AvgIpc) is 3.05. The topological polar surface area (TPSA) is 110 Å². The van der Waals surface area contributed by atoms with Crippen molar-refractivity contribution in [2.45, 2.75) is 37.5 Å². The van der Waals surface area contributed by atoms with Crippen molar-refractivity contribution in [3.63, 3.8) is 0 Å². The summed E-state index contributed by atoms with van der Waals surface area (Å²) in [5.41, 5.74) is 0. The van der Waals surface area contributed by atoms with E-state index in [1.54, 1.807) is 0 Å². The normalized spacial score (nSPS) is 43.0. The third-order valence-electron chi connectivity index (χ3n) is 5.04. The van der Waals surface area contributed by atoms with E-state index in [-0.39, 0.29) is 37.0 Å². The first-order valence-corrected chi connectivity index (χ1v) is 7.11. The fourth-order valence-corrected chi connectivity index (χ4v) is 4.02. The Morgan fingerprint density at radius 3 is 2.25 bits per heavy atom. The molecule has 4 N–H and O–H groups in total. The molecule has 2 bridgehead atoms. The summed E-state index contributed by atoms with van der Waals surface area (Å²) in [6, 6.07) is -0.710. The molecule has 6 atom stereocenters. The standard InChI is InChI=1S/C13H20N2O5/c16-8-4-15(5-9(8)17)13(20)14-11-7-2-1-6(3-7)10(11)12(18)19/h6-11,16-17H,1-5H2,(H,14,20)(H,18,19). The summed E-state index contributed by atoms with van der Waals surface area (Å²) in [5.74, 6) is -0.945. The molecule has 112 valence electrons. The molecule has 0 aromatic rings. The van der Waals surface area contributed by atoms with Crippen molar-refractivity contribution in [1.82, 2.24) is 10.2 Å². The number of carbonyl (C=O) groups is 2. The summed E-state index contributed by atoms with van der Waals surface area (Å²) in [6.45, 7) is 0.178. The van der Waals surface area contributed by atoms with Gasteiger partial charge in [-0.1, -0.05) is 0 Å². The lowest BCUT2D eigenvalue weighted by Crippen LogP contribution is -2.51. The molecule has 2 saturated carbocycles. The predicted molar refractivity (Wildman–Crippen MR) is 67.9 cm³/mol. The lowest BCUT2D eigenvalue weighted by molar-refractivity contribution is -0.144. The Morgan fingerprint density at radius 2 is 1.65 bits per heavy atom. The smallest absolute Gasteiger partial charge is 0.317 e. The first-order valence-electron chi connectivity index (χ1n) is 7.11. The molecule has 2 amide bonds. The zero-order chi connectivity index (χ0) is 14.4. The Hall–Kier alpha value is -1.34. The average molecular weight is 284 g/mol. The number of hydrogen-bond acceptors (Lipinski definition) is 4. The van der Waals surface area contributed by atoms with Crippen molar-refractivity contribution in [2.75, 3.05) is 13.1 Å². The zero-order valence-electron chi connectivity index (χ0n) is 11.1. The summed E-state index contributed by atoms with van der Waals surface area (Å²) < 4.78 is 0. The Bertz CT molecular complexity index is 419. The third kappa shape index (κ3) is 2.14. The molecule has 3 fully saturated rings. The van der Waals surface area contributed by atoms with Crippen LogP contribution in [-0.2, 0) is 4.79 Å². The number of nitrogens with one attached hydrogen (secondary N) is 1. The minimum Gasteiger partial charge on any atom is -0.481 e. The van der Waals surface area contributed by atoms with Gasteiger partial charge in [-0.2, -0.15) is 0 Å². The Morgan fingerprint density at radius 1 is 1.05 bits per heavy atom. The number of carboxylic acids is 1. The number of nitrogens with zero attached hydrogens (tertiary/aromatic N) is 1. The first kappa shape index (κ1) is 13.6. The molecule has 0 radical (unpaired) electrons. The van der Waals surface area contributed by atoms with E-state index in [9.17, 15) is 24.9 Å². The van der Waals surface area contributed by atoms with Crippen molar-refractivity contribution in [1.29, 1.82) is 0 Å². The van der Waals surface area contributed by atoms with Gasteiger partial charge in [0.05, 0.1) is 31.2 Å². The highest BCUT2D eigenvalue weighted by atomic mass is 16.4. The van der Waals surface area contributed by atoms with E-state index in [1.165, 1.54) is 4.90 Å². The number of amides is 2. The molecule has 1 saturated heterocycles. The van der Waals surface area contributed by atoms with Gasteiger partial charge in [-0.25, -0.2) is 4.79 Å². The molecule has 6 unspecified atom stereocenters. The maximum Gasteiger partial charge on any atom is 0.317 e. The summed E-state index contributed by atoms with van der Waals surface area (Å²) >= 11 is 0. The van der Waals surface area contributed by atoms with Gasteiger partial charge in [0.15, 0.2) is 0 Å². The molecular formula is C13H20N2O5. The van der Waals surface area contributed by atoms with Crippen molar-refractivity contribution >= 4 is 12.0 Å². The molecule has 1 heterocycles. The van der Waals surface area contributed by atoms with Gasteiger partial charge in [-0.15, -0.1) is 0 Å². The van der Waals surface area contributed by atoms with Crippen LogP contribution in [0.15, 0.2) is 0 Å². The highest BCUT2D eigenvalue weighted by Crippen LogP contribution is 2.48. The number of urea groups is 1. The molecule has 0 aromatic heterocycles. The molecule has 20 heavy (non-hydrogen) atoms. The third-order valence-corrected chi connectivity index (χ3v) is 5.04. The van der Waals surface area contributed by atoms with E-state index in [0.29, 0.717) is 0 Å². The number of aliphatic carboxylic acids is 1. The van der Waals surface area contributed by atoms with E-state index in [1.807, 2.05) is 0 Å². The first-order chi connectivity index (χ1) is 9.47. The quantitative estimate of drug-likeness (QED) is 0.532. The Labute approximate surface area is 116 Å². The largest absolute Gasteiger partial charge is 0.481 e. The number of fused-ring (bicyclic) bond motifs is 2. The Kier molecular flexibility index (Phi) is 3.33. The molecule has 3 aliphatic rings. The number of carboxylic acid groups (broad SMARTS) is 1. The van der Waals surface area contributed by atoms with Crippen LogP contribution in [0.2, 0.25) is 0 Å². The minimum absolute atomic E-state index is 0.0888. The Balaban J connectivity index is 1.65. The van der Waals surface area contributed by atoms with Gasteiger partial charge < -0.3 is 25.5 Å². The zero-order valence-corrected chi connectivity index (χ0v) is 11.1. The highest BCUT2D eigenvalue weighted by molar-refractivity contribution is 5.78. The van der Waals surface area contributed by atoms with Crippen LogP contribution in [0.1, 0.15) is 19.3 Å². The van der Waals surface area contributed by atoms with E-state index in [4.69, 9.17) is 0 Å². The number of carbonyl (C=O) groups excluding carboxylic acids is 1. The van der Waals surface area contributed by atoms with Crippen molar-refractivity contribution < 1.29 is 24.9 Å². The van der Waals surface area contributed by atoms with Gasteiger partial charge in [0.2, 0.25) is 0 Å². The van der Waals surface area contributed by atoms with E-state index >= 15 is 0 Å². The van der Waals surface area contributed by atoms with E-state index in [0.717, 1.165) is 19.3 Å². The van der Waals surface area contributed by atoms with Crippen LogP contribution in [0.4, 0.5) is 4.79 Å². The van der Waals surface area contributed by atoms with Crippen LogP contribution in [-0.4, -0.2) is 63.6 Å². The van der Waals surface area contributed by atoms with Crippen molar-refractivity contribution in [2.24, 2.45) is 17.8 Å². The van der Waals surface area contributed by atoms with Crippen LogP contribution < -0.4 is 5.32 Å². The van der Waals surface area contributed by atoms with E-state index in [2.05, 4.69) is 5.32 Å². The maximum atomic E-state index is 12.1. The van der Waals surface area contributed by atoms with Gasteiger partial charge in [-0.3, -0.25) is 4.79 Å². The molecular weight excluding hydrogens is 264 g/mol. The number of aliphatic hydroxyl groups is 2. The predicted octanol–water partition coefficient (Wildman–Crippen LogP) is -0.767. The summed E-state index contributed by atoms with van der Waals surface area (Å²) in [5, 5.41) is 31.0. The lowest BCUT2D eigenvalue weighted by atomic mass is 9.84. The fourth-order valence-electron chi connectivity index (χ4n) is 4.02. The maximum absolute atomic E-state index is 12.1. The van der Waals surface area contributed by atoms with Gasteiger partial charge in [0, 0.05) is 6.04 Å². The van der Waals surface area contributed by atoms with Crippen LogP contribution in [0.3, 0.4) is 0 Å². The van der Waals surface area contributed by atoms with Crippen LogP contribution >= 0.6 is 0 Å². The summed E-state index contributed by atoms with van der Waals surface area (Å²) in [7, 11) is 0. The van der Waals surface area contributed by atoms with E-state index < -0.39 is 24.1 Å². The van der Waals surface area contributed by atoms with Gasteiger partial charge >= 0.3 is 12.0 Å². The van der Waals surface area contributed by atoms with Crippen LogP contribution in [0.25, 0.3) is 0 Å². The molecule has 1 aliphatic heterocycles. The number of β-amino-alcohol motifs (C(OH)–C–C–N with tert-alkyl or cyclic N) is 2. The molecule has 7 nitrogen and oxygen atoms in total. The van der Waals surface area contributed by atoms with Crippen LogP contribution in [0.5, 0.6) is 0 Å². The van der Waals surface area contributed by atoms with Crippen molar-refractivity contribution in [3.8, 4) is 0 Å². The van der Waals surface area contributed by atoms with Gasteiger partial charge in [-0.05, 0) is 31.1 Å². The molecule has 0 spiro atoms. The fraction of sp³-hybridized carbons (Fsp3) is 0.846. The highest BCUT2D eigenvalue weighted by Gasteiger charge is 2.52. The van der Waals surface area contributed by atoms with Gasteiger partial charge in [0.1, 0.15) is 0 Å². The molecule has 7 heteroatoms. The second-order valence-electron chi connectivity index (χ2n) is 6.21. The van der Waals surface area contributed by atoms with Crippen molar-refractivity contribution in [3.05, 3.63) is 0 Å². The number of likely N-dealkylation sites (tertiary alicyclic amines) is 1. The molecule has 2 aliphatic carbocycles. The SMILES string of the molecule is O=C(O)C1C2CCC(C2)C1NC(=O)N1CC(O)C(O)C1. The van der Waals surface area contributed by atoms with Gasteiger partial charge in [0.25, 0.3) is 0 Å². The van der Waals surface area contributed by atoms with Crippen LogP contribution in [0, 0.1) is 17.8 Å². The number of rotatable bonds is 2. The summed E-state index contributed by atoms with van der Waals surface area (Å²) in [6.07, 6.45) is 0.916. The monoisotopic (exact) mass is 284 g/mol. The second-order valence-corrected chi connectivity index (χ2v) is 6.21. The molecule has 3 rings (SSSR count). The minimum atomic E-state index is -0.920.